The maximum Gasteiger partial charge on any atom is 0.251 e. The number of benzene rings is 4. The predicted octanol–water partition coefficient (Wildman–Crippen LogP) is 8.90. The van der Waals surface area contributed by atoms with E-state index in [1.54, 1.807) is 48.7 Å². The first-order chi connectivity index (χ1) is 26.0. The van der Waals surface area contributed by atoms with Crippen LogP contribution in [0.25, 0.3) is 0 Å². The molecule has 0 aliphatic carbocycles. The zero-order valence-electron chi connectivity index (χ0n) is 29.7. The molecular weight excluding hydrogens is 681 g/mol. The minimum Gasteiger partial charge on any atom is -0.493 e. The van der Waals surface area contributed by atoms with Crippen LogP contribution >= 0.6 is 11.9 Å². The molecule has 0 radical (unpaired) electrons. The Kier molecular flexibility index (Phi) is 12.6. The number of ether oxygens (including phenoxy) is 2. The zero-order valence-corrected chi connectivity index (χ0v) is 30.5. The summed E-state index contributed by atoms with van der Waals surface area (Å²) in [7, 11) is 0. The number of rotatable bonds is 16. The van der Waals surface area contributed by atoms with Gasteiger partial charge in [-0.3, -0.25) is 14.8 Å². The summed E-state index contributed by atoms with van der Waals surface area (Å²) >= 11 is 1.56. The van der Waals surface area contributed by atoms with E-state index in [2.05, 4.69) is 68.2 Å². The van der Waals surface area contributed by atoms with E-state index in [9.17, 15) is 10.1 Å². The van der Waals surface area contributed by atoms with Crippen molar-refractivity contribution in [2.75, 3.05) is 22.5 Å². The van der Waals surface area contributed by atoms with Crippen LogP contribution in [0.4, 0.5) is 11.4 Å². The average molecular weight is 721 g/mol. The number of carbonyl (C=O) groups excluding carboxylic acids is 1. The van der Waals surface area contributed by atoms with Crippen LogP contribution in [0, 0.1) is 18.3 Å². The van der Waals surface area contributed by atoms with E-state index in [0.29, 0.717) is 61.0 Å². The van der Waals surface area contributed by atoms with E-state index < -0.39 is 0 Å². The van der Waals surface area contributed by atoms with Gasteiger partial charge in [0.25, 0.3) is 5.91 Å². The molecule has 0 atom stereocenters. The van der Waals surface area contributed by atoms with Crippen molar-refractivity contribution in [2.24, 2.45) is 0 Å². The molecule has 2 heterocycles. The maximum absolute atomic E-state index is 13.3. The van der Waals surface area contributed by atoms with Crippen molar-refractivity contribution in [1.29, 1.82) is 5.26 Å². The Morgan fingerprint density at radius 1 is 0.792 bits per heavy atom. The van der Waals surface area contributed by atoms with Gasteiger partial charge in [0.1, 0.15) is 17.2 Å². The Morgan fingerprint density at radius 2 is 1.53 bits per heavy atom. The molecule has 10 heteroatoms. The van der Waals surface area contributed by atoms with E-state index in [4.69, 9.17) is 9.47 Å². The highest BCUT2D eigenvalue weighted by Crippen LogP contribution is 2.32. The smallest absolute Gasteiger partial charge is 0.251 e. The molecule has 0 unspecified atom stereocenters. The van der Waals surface area contributed by atoms with Gasteiger partial charge >= 0.3 is 0 Å². The molecule has 0 saturated heterocycles. The van der Waals surface area contributed by atoms with Crippen molar-refractivity contribution in [3.05, 3.63) is 173 Å². The molecule has 4 aromatic carbocycles. The highest BCUT2D eigenvalue weighted by Gasteiger charge is 2.15. The van der Waals surface area contributed by atoms with Crippen LogP contribution in [0.3, 0.4) is 0 Å². The largest absolute Gasteiger partial charge is 0.493 e. The lowest BCUT2D eigenvalue weighted by atomic mass is 10.1. The van der Waals surface area contributed by atoms with Crippen molar-refractivity contribution in [1.82, 2.24) is 15.3 Å². The summed E-state index contributed by atoms with van der Waals surface area (Å²) in [6, 6.07) is 37.1. The standard InChI is InChI=1S/C43H40N6O3S/c1-31-41(48-53-2)6-3-7-42(31)49(29-35-10-8-32(26-44)9-11-35)30-36-12-14-38(15-13-36)52-40-24-37(43(50)47-28-34-16-20-45-21-17-34)23-39(25-40)51-22-18-33-5-4-19-46-27-33/h3-17,19-21,23-25,27,48H,18,22,28-30H2,1-2H3,(H,47,50). The average Bonchev–Trinajstić information content (AvgIpc) is 3.19. The number of hydrogen-bond acceptors (Lipinski definition) is 9. The van der Waals surface area contributed by atoms with Gasteiger partial charge in [-0.15, -0.1) is 0 Å². The molecule has 6 rings (SSSR count). The molecule has 266 valence electrons. The second-order valence-electron chi connectivity index (χ2n) is 12.4. The van der Waals surface area contributed by atoms with Crippen LogP contribution < -0.4 is 24.4 Å². The fourth-order valence-electron chi connectivity index (χ4n) is 5.80. The van der Waals surface area contributed by atoms with E-state index in [0.717, 1.165) is 39.2 Å². The number of amides is 1. The molecule has 2 aromatic heterocycles. The van der Waals surface area contributed by atoms with Gasteiger partial charge < -0.3 is 24.4 Å². The second kappa shape index (κ2) is 18.3. The van der Waals surface area contributed by atoms with E-state index in [-0.39, 0.29) is 5.91 Å². The quantitative estimate of drug-likeness (QED) is 0.0947. The van der Waals surface area contributed by atoms with Gasteiger partial charge in [-0.2, -0.15) is 5.26 Å². The first-order valence-electron chi connectivity index (χ1n) is 17.2. The minimum atomic E-state index is -0.242. The minimum absolute atomic E-state index is 0.242. The molecule has 2 N–H and O–H groups in total. The zero-order chi connectivity index (χ0) is 36.8. The van der Waals surface area contributed by atoms with Gasteiger partial charge in [0.15, 0.2) is 0 Å². The molecular formula is C43H40N6O3S. The summed E-state index contributed by atoms with van der Waals surface area (Å²) in [6.45, 7) is 4.21. The van der Waals surface area contributed by atoms with Crippen LogP contribution in [-0.2, 0) is 26.1 Å². The number of nitrogens with one attached hydrogen (secondary N) is 2. The lowest BCUT2D eigenvalue weighted by Crippen LogP contribution is -2.23. The van der Waals surface area contributed by atoms with Crippen molar-refractivity contribution < 1.29 is 14.3 Å². The third-order valence-corrected chi connectivity index (χ3v) is 9.00. The molecule has 53 heavy (non-hydrogen) atoms. The van der Waals surface area contributed by atoms with Gasteiger partial charge in [0, 0.05) is 80.1 Å². The van der Waals surface area contributed by atoms with E-state index in [1.165, 1.54) is 0 Å². The molecule has 0 bridgehead atoms. The molecule has 0 aliphatic rings. The summed E-state index contributed by atoms with van der Waals surface area (Å²) in [6.07, 6.45) is 9.64. The number of carbonyl (C=O) groups is 1. The molecule has 1 amide bonds. The summed E-state index contributed by atoms with van der Waals surface area (Å²) in [5, 5.41) is 12.3. The second-order valence-corrected chi connectivity index (χ2v) is 13.0. The van der Waals surface area contributed by atoms with E-state index in [1.807, 2.05) is 73.1 Å². The Morgan fingerprint density at radius 3 is 2.23 bits per heavy atom. The Balaban J connectivity index is 1.20. The van der Waals surface area contributed by atoms with Gasteiger partial charge in [-0.25, -0.2) is 0 Å². The van der Waals surface area contributed by atoms with Crippen molar-refractivity contribution in [2.45, 2.75) is 33.0 Å². The number of nitrogens with zero attached hydrogens (tertiary/aromatic N) is 4. The monoisotopic (exact) mass is 720 g/mol. The number of hydrogen-bond donors (Lipinski definition) is 2. The first-order valence-corrected chi connectivity index (χ1v) is 18.4. The van der Waals surface area contributed by atoms with Crippen LogP contribution in [0.15, 0.2) is 134 Å². The third kappa shape index (κ3) is 10.4. The third-order valence-electron chi connectivity index (χ3n) is 8.57. The van der Waals surface area contributed by atoms with Gasteiger partial charge in [-0.05, 0) is 101 Å². The lowest BCUT2D eigenvalue weighted by Gasteiger charge is -2.28. The molecule has 0 saturated carbocycles. The van der Waals surface area contributed by atoms with E-state index >= 15 is 0 Å². The fraction of sp³-hybridized carbons (Fsp3) is 0.163. The Hall–Kier alpha value is -6.31. The topological polar surface area (TPSA) is 112 Å². The van der Waals surface area contributed by atoms with Gasteiger partial charge in [-0.1, -0.05) is 48.3 Å². The summed E-state index contributed by atoms with van der Waals surface area (Å²) in [4.78, 5) is 23.9. The van der Waals surface area contributed by atoms with Crippen LogP contribution in [-0.4, -0.2) is 28.7 Å². The van der Waals surface area contributed by atoms with Crippen LogP contribution in [0.2, 0.25) is 0 Å². The predicted molar refractivity (Wildman–Crippen MR) is 211 cm³/mol. The highest BCUT2D eigenvalue weighted by molar-refractivity contribution is 7.99. The molecule has 0 aliphatic heterocycles. The fourth-order valence-corrected chi connectivity index (χ4v) is 6.24. The molecule has 6 aromatic rings. The van der Waals surface area contributed by atoms with Crippen LogP contribution in [0.5, 0.6) is 17.2 Å². The number of anilines is 2. The number of nitriles is 1. The SMILES string of the molecule is CSNc1cccc(N(Cc2ccc(C#N)cc2)Cc2ccc(Oc3cc(OCCc4cccnc4)cc(C(=O)NCc4ccncc4)c3)cc2)c1C. The maximum atomic E-state index is 13.3. The molecule has 9 nitrogen and oxygen atoms in total. The summed E-state index contributed by atoms with van der Waals surface area (Å²) < 4.78 is 15.8. The lowest BCUT2D eigenvalue weighted by molar-refractivity contribution is 0.0950. The molecule has 0 spiro atoms. The Bertz CT molecular complexity index is 2140. The normalized spacial score (nSPS) is 10.6. The highest BCUT2D eigenvalue weighted by atomic mass is 32.2. The van der Waals surface area contributed by atoms with Gasteiger partial charge in [0.2, 0.25) is 0 Å². The van der Waals surface area contributed by atoms with Crippen molar-refractivity contribution in [3.8, 4) is 23.3 Å². The van der Waals surface area contributed by atoms with Crippen molar-refractivity contribution >= 4 is 29.2 Å². The Labute approximate surface area is 314 Å². The molecule has 0 fully saturated rings. The number of pyridine rings is 2. The first kappa shape index (κ1) is 36.5. The van der Waals surface area contributed by atoms with Crippen molar-refractivity contribution in [3.63, 3.8) is 0 Å². The van der Waals surface area contributed by atoms with Crippen LogP contribution in [0.1, 0.15) is 43.7 Å². The number of aromatic nitrogens is 2. The van der Waals surface area contributed by atoms with Gasteiger partial charge in [0.05, 0.1) is 18.2 Å². The summed E-state index contributed by atoms with van der Waals surface area (Å²) in [5.74, 6) is 1.41. The summed E-state index contributed by atoms with van der Waals surface area (Å²) in [5.41, 5.74) is 8.61.